The third kappa shape index (κ3) is 2.32. The monoisotopic (exact) mass is 301 g/mol. The molecule has 3 aromatic rings. The molecule has 1 aromatic carbocycles. The fraction of sp³-hybridized carbons (Fsp3) is 0.158. The molecule has 0 unspecified atom stereocenters. The second-order valence-corrected chi connectivity index (χ2v) is 5.80. The minimum absolute atomic E-state index is 0.781. The number of aromatic nitrogens is 4. The van der Waals surface area contributed by atoms with Crippen molar-refractivity contribution in [1.29, 1.82) is 0 Å². The van der Waals surface area contributed by atoms with Crippen LogP contribution in [0, 0.1) is 6.92 Å². The van der Waals surface area contributed by atoms with Crippen molar-refractivity contribution < 1.29 is 4.57 Å². The molecule has 0 atom stereocenters. The number of allylic oxidation sites excluding steroid dienone is 1. The van der Waals surface area contributed by atoms with Gasteiger partial charge in [-0.2, -0.15) is 0 Å². The Kier molecular flexibility index (Phi) is 3.23. The van der Waals surface area contributed by atoms with Crippen molar-refractivity contribution in [3.05, 3.63) is 71.7 Å². The molecule has 23 heavy (non-hydrogen) atoms. The van der Waals surface area contributed by atoms with Gasteiger partial charge >= 0.3 is 0 Å². The molecule has 4 rings (SSSR count). The molecular weight excluding hydrogens is 284 g/mol. The van der Waals surface area contributed by atoms with Crippen LogP contribution in [0.5, 0.6) is 0 Å². The predicted molar refractivity (Wildman–Crippen MR) is 89.2 cm³/mol. The van der Waals surface area contributed by atoms with E-state index in [1.165, 1.54) is 22.4 Å². The molecule has 0 spiro atoms. The van der Waals surface area contributed by atoms with E-state index in [2.05, 4.69) is 56.8 Å². The van der Waals surface area contributed by atoms with Crippen LogP contribution >= 0.6 is 0 Å². The molecule has 4 nitrogen and oxygen atoms in total. The fourth-order valence-corrected chi connectivity index (χ4v) is 3.12. The maximum absolute atomic E-state index is 4.58. The normalized spacial score (nSPS) is 12.9. The van der Waals surface area contributed by atoms with Gasteiger partial charge < -0.3 is 0 Å². The van der Waals surface area contributed by atoms with E-state index in [0.717, 1.165) is 23.5 Å². The van der Waals surface area contributed by atoms with Crippen molar-refractivity contribution in [3.63, 3.8) is 0 Å². The highest BCUT2D eigenvalue weighted by Crippen LogP contribution is 2.34. The second-order valence-electron chi connectivity index (χ2n) is 5.80. The van der Waals surface area contributed by atoms with Crippen LogP contribution in [-0.4, -0.2) is 15.0 Å². The average Bonchev–Trinajstić information content (AvgIpc) is 3.01. The van der Waals surface area contributed by atoms with E-state index in [1.807, 2.05) is 19.4 Å². The van der Waals surface area contributed by atoms with Crippen LogP contribution in [0.25, 0.3) is 22.9 Å². The molecule has 0 aliphatic heterocycles. The van der Waals surface area contributed by atoms with E-state index >= 15 is 0 Å². The summed E-state index contributed by atoms with van der Waals surface area (Å²) in [4.78, 5) is 13.3. The van der Waals surface area contributed by atoms with Gasteiger partial charge in [-0.1, -0.05) is 24.3 Å². The first kappa shape index (κ1) is 13.8. The van der Waals surface area contributed by atoms with E-state index in [1.54, 1.807) is 12.4 Å². The molecular formula is C19H17N4+. The van der Waals surface area contributed by atoms with Gasteiger partial charge in [-0.25, -0.2) is 14.5 Å². The molecule has 112 valence electrons. The SMILES string of the molecule is Cc1ccccc1-c1c2c(nc[n+]1C)C=C(c1ncccn1)C2. The topological polar surface area (TPSA) is 42.5 Å². The second kappa shape index (κ2) is 5.39. The maximum Gasteiger partial charge on any atom is 0.287 e. The fourth-order valence-electron chi connectivity index (χ4n) is 3.12. The van der Waals surface area contributed by atoms with Crippen LogP contribution in [0.3, 0.4) is 0 Å². The number of fused-ring (bicyclic) bond motifs is 1. The van der Waals surface area contributed by atoms with Gasteiger partial charge in [-0.15, -0.1) is 0 Å². The average molecular weight is 301 g/mol. The van der Waals surface area contributed by atoms with Crippen molar-refractivity contribution in [2.75, 3.05) is 0 Å². The molecule has 1 aliphatic carbocycles. The van der Waals surface area contributed by atoms with Gasteiger partial charge in [0, 0.05) is 30.0 Å². The van der Waals surface area contributed by atoms with Gasteiger partial charge in [0.2, 0.25) is 0 Å². The summed E-state index contributed by atoms with van der Waals surface area (Å²) in [7, 11) is 2.05. The van der Waals surface area contributed by atoms with Crippen LogP contribution < -0.4 is 4.57 Å². The van der Waals surface area contributed by atoms with Gasteiger partial charge in [0.25, 0.3) is 6.33 Å². The summed E-state index contributed by atoms with van der Waals surface area (Å²) in [5.41, 5.74) is 7.11. The van der Waals surface area contributed by atoms with Gasteiger partial charge in [0.05, 0.1) is 12.6 Å². The zero-order valence-corrected chi connectivity index (χ0v) is 13.2. The van der Waals surface area contributed by atoms with Crippen molar-refractivity contribution >= 4 is 11.6 Å². The standard InChI is InChI=1S/C19H17N4/c1-13-6-3-4-7-15(13)18-16-10-14(19-20-8-5-9-21-19)11-17(16)22-12-23(18)2/h3-9,11-12H,10H2,1-2H3/q+1. The zero-order valence-electron chi connectivity index (χ0n) is 13.2. The van der Waals surface area contributed by atoms with Gasteiger partial charge in [0.1, 0.15) is 5.69 Å². The van der Waals surface area contributed by atoms with Gasteiger partial charge in [0.15, 0.2) is 11.5 Å². The third-order valence-electron chi connectivity index (χ3n) is 4.25. The van der Waals surface area contributed by atoms with E-state index in [0.29, 0.717) is 0 Å². The van der Waals surface area contributed by atoms with E-state index in [4.69, 9.17) is 0 Å². The maximum atomic E-state index is 4.58. The molecule has 0 amide bonds. The van der Waals surface area contributed by atoms with Crippen molar-refractivity contribution in [2.45, 2.75) is 13.3 Å². The van der Waals surface area contributed by atoms with Crippen LogP contribution in [0.4, 0.5) is 0 Å². The summed E-state index contributed by atoms with van der Waals surface area (Å²) in [5.74, 6) is 0.781. The molecule has 0 radical (unpaired) electrons. The number of rotatable bonds is 2. The lowest BCUT2D eigenvalue weighted by Gasteiger charge is -2.10. The Morgan fingerprint density at radius 3 is 2.57 bits per heavy atom. The Morgan fingerprint density at radius 2 is 1.78 bits per heavy atom. The summed E-state index contributed by atoms with van der Waals surface area (Å²) in [5, 5.41) is 0. The molecule has 4 heteroatoms. The Hall–Kier alpha value is -2.88. The summed E-state index contributed by atoms with van der Waals surface area (Å²) in [6.45, 7) is 2.14. The molecule has 0 saturated carbocycles. The van der Waals surface area contributed by atoms with E-state index < -0.39 is 0 Å². The smallest absolute Gasteiger partial charge is 0.237 e. The van der Waals surface area contributed by atoms with Crippen LogP contribution in [0.1, 0.15) is 22.6 Å². The van der Waals surface area contributed by atoms with E-state index in [-0.39, 0.29) is 0 Å². The van der Waals surface area contributed by atoms with Crippen LogP contribution in [-0.2, 0) is 13.5 Å². The van der Waals surface area contributed by atoms with Crippen LogP contribution in [0.2, 0.25) is 0 Å². The predicted octanol–water partition coefficient (Wildman–Crippen LogP) is 2.77. The summed E-state index contributed by atoms with van der Waals surface area (Å²) in [6, 6.07) is 10.3. The number of hydrogen-bond donors (Lipinski definition) is 0. The first-order valence-corrected chi connectivity index (χ1v) is 7.65. The van der Waals surface area contributed by atoms with Crippen molar-refractivity contribution in [2.24, 2.45) is 7.05 Å². The van der Waals surface area contributed by atoms with E-state index in [9.17, 15) is 0 Å². The Morgan fingerprint density at radius 1 is 1.00 bits per heavy atom. The minimum Gasteiger partial charge on any atom is -0.237 e. The molecule has 0 bridgehead atoms. The molecule has 2 aromatic heterocycles. The van der Waals surface area contributed by atoms with Crippen molar-refractivity contribution in [1.82, 2.24) is 15.0 Å². The number of hydrogen-bond acceptors (Lipinski definition) is 3. The quantitative estimate of drug-likeness (QED) is 0.684. The zero-order chi connectivity index (χ0) is 15.8. The highest BCUT2D eigenvalue weighted by atomic mass is 15.0. The molecule has 0 fully saturated rings. The third-order valence-corrected chi connectivity index (χ3v) is 4.25. The Labute approximate surface area is 135 Å². The van der Waals surface area contributed by atoms with Gasteiger partial charge in [-0.05, 0) is 29.6 Å². The molecule has 0 N–H and O–H groups in total. The summed E-state index contributed by atoms with van der Waals surface area (Å²) >= 11 is 0. The number of nitrogens with zero attached hydrogens (tertiary/aromatic N) is 4. The van der Waals surface area contributed by atoms with Crippen molar-refractivity contribution in [3.8, 4) is 11.3 Å². The lowest BCUT2D eigenvalue weighted by molar-refractivity contribution is -0.663. The first-order valence-electron chi connectivity index (χ1n) is 7.65. The number of benzene rings is 1. The summed E-state index contributed by atoms with van der Waals surface area (Å²) < 4.78 is 2.10. The molecule has 0 saturated heterocycles. The highest BCUT2D eigenvalue weighted by molar-refractivity contribution is 5.87. The lowest BCUT2D eigenvalue weighted by Crippen LogP contribution is -2.33. The van der Waals surface area contributed by atoms with Crippen LogP contribution in [0.15, 0.2) is 49.1 Å². The molecule has 1 aliphatic rings. The largest absolute Gasteiger partial charge is 0.287 e. The first-order chi connectivity index (χ1) is 11.2. The number of aryl methyl sites for hydroxylation is 2. The highest BCUT2D eigenvalue weighted by Gasteiger charge is 2.27. The lowest BCUT2D eigenvalue weighted by atomic mass is 9.99. The Bertz CT molecular complexity index is 914. The molecule has 2 heterocycles. The minimum atomic E-state index is 0.781. The summed E-state index contributed by atoms with van der Waals surface area (Å²) in [6.07, 6.45) is 8.35. The van der Waals surface area contributed by atoms with Gasteiger partial charge in [-0.3, -0.25) is 0 Å². The Balaban J connectivity index is 1.84.